The summed E-state index contributed by atoms with van der Waals surface area (Å²) in [5, 5.41) is 9.67. The summed E-state index contributed by atoms with van der Waals surface area (Å²) in [4.78, 5) is 15.9. The summed E-state index contributed by atoms with van der Waals surface area (Å²) in [6.07, 6.45) is 10.1. The third-order valence-corrected chi connectivity index (χ3v) is 2.29. The van der Waals surface area contributed by atoms with Crippen molar-refractivity contribution >= 4 is 11.6 Å². The lowest BCUT2D eigenvalue weighted by atomic mass is 10.3. The van der Waals surface area contributed by atoms with E-state index in [1.165, 1.54) is 0 Å². The van der Waals surface area contributed by atoms with Gasteiger partial charge in [-0.05, 0) is 18.2 Å². The number of aromatic nitrogens is 3. The van der Waals surface area contributed by atoms with E-state index in [-0.39, 0.29) is 12.5 Å². The molecule has 2 aromatic rings. The van der Waals surface area contributed by atoms with Crippen LogP contribution in [0.3, 0.4) is 0 Å². The van der Waals surface area contributed by atoms with Crippen LogP contribution in [-0.2, 0) is 4.79 Å². The van der Waals surface area contributed by atoms with Crippen LogP contribution in [0.1, 0.15) is 0 Å². The molecule has 6 heteroatoms. The standard InChI is InChI=1S/C13H13N5O/c1-2-6-14-10-12(19)17-11-5-3-7-15-13(11)18-9-4-8-16-18/h1,3-5,7-9,14H,6,10H2,(H,17,19). The second kappa shape index (κ2) is 6.33. The Hall–Kier alpha value is -2.65. The first-order valence-electron chi connectivity index (χ1n) is 5.70. The van der Waals surface area contributed by atoms with Gasteiger partial charge >= 0.3 is 0 Å². The van der Waals surface area contributed by atoms with Crippen LogP contribution in [0.15, 0.2) is 36.8 Å². The van der Waals surface area contributed by atoms with Crippen LogP contribution >= 0.6 is 0 Å². The Balaban J connectivity index is 2.09. The number of carbonyl (C=O) groups excluding carboxylic acids is 1. The molecule has 0 fully saturated rings. The molecule has 19 heavy (non-hydrogen) atoms. The van der Waals surface area contributed by atoms with Crippen LogP contribution in [-0.4, -0.2) is 33.8 Å². The molecule has 2 N–H and O–H groups in total. The molecule has 0 saturated carbocycles. The summed E-state index contributed by atoms with van der Waals surface area (Å²) < 4.78 is 1.59. The minimum absolute atomic E-state index is 0.150. The number of nitrogens with zero attached hydrogens (tertiary/aromatic N) is 3. The van der Waals surface area contributed by atoms with Gasteiger partial charge in [0.1, 0.15) is 0 Å². The summed E-state index contributed by atoms with van der Waals surface area (Å²) in [5.74, 6) is 2.79. The van der Waals surface area contributed by atoms with Gasteiger partial charge in [-0.25, -0.2) is 9.67 Å². The minimum atomic E-state index is -0.184. The van der Waals surface area contributed by atoms with E-state index in [4.69, 9.17) is 6.42 Å². The van der Waals surface area contributed by atoms with Crippen molar-refractivity contribution in [2.75, 3.05) is 18.4 Å². The van der Waals surface area contributed by atoms with Gasteiger partial charge in [0.25, 0.3) is 0 Å². The molecule has 6 nitrogen and oxygen atoms in total. The topological polar surface area (TPSA) is 71.8 Å². The Morgan fingerprint density at radius 2 is 2.32 bits per heavy atom. The lowest BCUT2D eigenvalue weighted by molar-refractivity contribution is -0.115. The lowest BCUT2D eigenvalue weighted by Crippen LogP contribution is -2.28. The average molecular weight is 255 g/mol. The van der Waals surface area contributed by atoms with Crippen LogP contribution in [0.25, 0.3) is 5.82 Å². The van der Waals surface area contributed by atoms with Gasteiger partial charge in [-0.15, -0.1) is 6.42 Å². The molecule has 0 bridgehead atoms. The highest BCUT2D eigenvalue weighted by Crippen LogP contribution is 2.15. The molecule has 0 unspecified atom stereocenters. The maximum atomic E-state index is 11.7. The highest BCUT2D eigenvalue weighted by molar-refractivity contribution is 5.93. The fourth-order valence-corrected chi connectivity index (χ4v) is 1.51. The molecule has 2 heterocycles. The number of hydrogen-bond donors (Lipinski definition) is 2. The van der Waals surface area contributed by atoms with Gasteiger partial charge in [-0.2, -0.15) is 5.10 Å². The molecule has 0 aliphatic carbocycles. The maximum absolute atomic E-state index is 11.7. The third kappa shape index (κ3) is 3.40. The molecule has 2 aromatic heterocycles. The normalized spacial score (nSPS) is 9.84. The second-order valence-electron chi connectivity index (χ2n) is 3.68. The Morgan fingerprint density at radius 3 is 3.05 bits per heavy atom. The van der Waals surface area contributed by atoms with E-state index in [1.54, 1.807) is 41.5 Å². The molecular formula is C13H13N5O. The van der Waals surface area contributed by atoms with Crippen molar-refractivity contribution in [3.8, 4) is 18.2 Å². The molecular weight excluding hydrogens is 242 g/mol. The van der Waals surface area contributed by atoms with E-state index in [0.717, 1.165) is 0 Å². The van der Waals surface area contributed by atoms with E-state index in [1.807, 2.05) is 0 Å². The van der Waals surface area contributed by atoms with Gasteiger partial charge in [-0.1, -0.05) is 5.92 Å². The first-order chi connectivity index (χ1) is 9.31. The van der Waals surface area contributed by atoms with Gasteiger partial charge in [-0.3, -0.25) is 10.1 Å². The number of hydrogen-bond acceptors (Lipinski definition) is 4. The highest BCUT2D eigenvalue weighted by atomic mass is 16.1. The molecule has 2 rings (SSSR count). The molecule has 0 saturated heterocycles. The summed E-state index contributed by atoms with van der Waals surface area (Å²) in [5.41, 5.74) is 0.596. The van der Waals surface area contributed by atoms with Crippen molar-refractivity contribution in [2.24, 2.45) is 0 Å². The number of amides is 1. The van der Waals surface area contributed by atoms with Gasteiger partial charge in [0, 0.05) is 18.6 Å². The maximum Gasteiger partial charge on any atom is 0.238 e. The van der Waals surface area contributed by atoms with Crippen molar-refractivity contribution in [3.05, 3.63) is 36.8 Å². The third-order valence-electron chi connectivity index (χ3n) is 2.29. The van der Waals surface area contributed by atoms with Crippen molar-refractivity contribution in [1.29, 1.82) is 0 Å². The quantitative estimate of drug-likeness (QED) is 0.600. The fourth-order valence-electron chi connectivity index (χ4n) is 1.51. The van der Waals surface area contributed by atoms with E-state index in [9.17, 15) is 4.79 Å². The Morgan fingerprint density at radius 1 is 1.42 bits per heavy atom. The summed E-state index contributed by atoms with van der Waals surface area (Å²) in [7, 11) is 0. The van der Waals surface area contributed by atoms with Crippen molar-refractivity contribution in [1.82, 2.24) is 20.1 Å². The molecule has 0 atom stereocenters. The minimum Gasteiger partial charge on any atom is -0.322 e. The zero-order chi connectivity index (χ0) is 13.5. The smallest absolute Gasteiger partial charge is 0.238 e. The van der Waals surface area contributed by atoms with Crippen molar-refractivity contribution in [2.45, 2.75) is 0 Å². The molecule has 1 amide bonds. The number of anilines is 1. The van der Waals surface area contributed by atoms with E-state index in [2.05, 4.69) is 26.6 Å². The number of terminal acetylenes is 1. The highest BCUT2D eigenvalue weighted by Gasteiger charge is 2.08. The average Bonchev–Trinajstić information content (AvgIpc) is 2.93. The van der Waals surface area contributed by atoms with Crippen LogP contribution in [0.5, 0.6) is 0 Å². The molecule has 0 aliphatic rings. The zero-order valence-corrected chi connectivity index (χ0v) is 10.2. The predicted molar refractivity (Wildman–Crippen MR) is 71.7 cm³/mol. The van der Waals surface area contributed by atoms with Crippen LogP contribution in [0, 0.1) is 12.3 Å². The van der Waals surface area contributed by atoms with Crippen molar-refractivity contribution in [3.63, 3.8) is 0 Å². The first kappa shape index (κ1) is 12.8. The van der Waals surface area contributed by atoms with E-state index >= 15 is 0 Å². The predicted octanol–water partition coefficient (Wildman–Crippen LogP) is 0.429. The fraction of sp³-hybridized carbons (Fsp3) is 0.154. The summed E-state index contributed by atoms with van der Waals surface area (Å²) in [6.45, 7) is 0.504. The Kier molecular flexibility index (Phi) is 4.26. The van der Waals surface area contributed by atoms with Gasteiger partial charge in [0.05, 0.1) is 18.8 Å². The summed E-state index contributed by atoms with van der Waals surface area (Å²) >= 11 is 0. The monoisotopic (exact) mass is 255 g/mol. The number of carbonyl (C=O) groups is 1. The number of pyridine rings is 1. The SMILES string of the molecule is C#CCNCC(=O)Nc1cccnc1-n1cccn1. The second-order valence-corrected chi connectivity index (χ2v) is 3.68. The largest absolute Gasteiger partial charge is 0.322 e. The number of nitrogens with one attached hydrogen (secondary N) is 2. The lowest BCUT2D eigenvalue weighted by Gasteiger charge is -2.09. The molecule has 0 spiro atoms. The van der Waals surface area contributed by atoms with Gasteiger partial charge in [0.15, 0.2) is 5.82 Å². The first-order valence-corrected chi connectivity index (χ1v) is 5.70. The van der Waals surface area contributed by atoms with E-state index < -0.39 is 0 Å². The van der Waals surface area contributed by atoms with Crippen LogP contribution in [0.2, 0.25) is 0 Å². The molecule has 0 aliphatic heterocycles. The zero-order valence-electron chi connectivity index (χ0n) is 10.2. The van der Waals surface area contributed by atoms with Gasteiger partial charge < -0.3 is 5.32 Å². The van der Waals surface area contributed by atoms with Crippen molar-refractivity contribution < 1.29 is 4.79 Å². The molecule has 96 valence electrons. The van der Waals surface area contributed by atoms with Gasteiger partial charge in [0.2, 0.25) is 5.91 Å². The van der Waals surface area contributed by atoms with Crippen LogP contribution < -0.4 is 10.6 Å². The van der Waals surface area contributed by atoms with E-state index in [0.29, 0.717) is 18.1 Å². The van der Waals surface area contributed by atoms with Crippen LogP contribution in [0.4, 0.5) is 5.69 Å². The Bertz CT molecular complexity index is 585. The number of rotatable bonds is 5. The molecule has 0 radical (unpaired) electrons. The molecule has 0 aromatic carbocycles. The summed E-state index contributed by atoms with van der Waals surface area (Å²) in [6, 6.07) is 5.30. The Labute approximate surface area is 110 Å².